The van der Waals surface area contributed by atoms with Crippen LogP contribution in [-0.4, -0.2) is 45.5 Å². The second kappa shape index (κ2) is 4.17. The van der Waals surface area contributed by atoms with E-state index in [1.807, 2.05) is 28.9 Å². The summed E-state index contributed by atoms with van der Waals surface area (Å²) in [6.45, 7) is 4.00. The highest BCUT2D eigenvalue weighted by Crippen LogP contribution is 2.17. The molecular formula is C13H14N6. The first kappa shape index (κ1) is 10.7. The Hall–Kier alpha value is -2.21. The van der Waals surface area contributed by atoms with Crippen molar-refractivity contribution in [3.63, 3.8) is 0 Å². The van der Waals surface area contributed by atoms with Gasteiger partial charge in [0, 0.05) is 38.6 Å². The summed E-state index contributed by atoms with van der Waals surface area (Å²) in [5, 5.41) is 3.34. The van der Waals surface area contributed by atoms with Gasteiger partial charge in [-0.25, -0.2) is 4.98 Å². The largest absolute Gasteiger partial charge is 0.354 e. The van der Waals surface area contributed by atoms with Crippen molar-refractivity contribution in [2.45, 2.75) is 0 Å². The summed E-state index contributed by atoms with van der Waals surface area (Å²) in [5.41, 5.74) is 1.93. The monoisotopic (exact) mass is 254 g/mol. The lowest BCUT2D eigenvalue weighted by atomic mass is 10.3. The van der Waals surface area contributed by atoms with Crippen molar-refractivity contribution in [3.8, 4) is 0 Å². The average Bonchev–Trinajstić information content (AvgIpc) is 2.86. The molecular weight excluding hydrogens is 240 g/mol. The van der Waals surface area contributed by atoms with Crippen molar-refractivity contribution in [1.29, 1.82) is 0 Å². The Labute approximate surface area is 110 Å². The number of imidazole rings is 1. The minimum Gasteiger partial charge on any atom is -0.354 e. The number of piperazine rings is 1. The summed E-state index contributed by atoms with van der Waals surface area (Å²) in [4.78, 5) is 15.6. The minimum atomic E-state index is 0.735. The molecule has 0 saturated carbocycles. The maximum absolute atomic E-state index is 4.66. The number of rotatable bonds is 1. The molecule has 0 atom stereocenters. The maximum Gasteiger partial charge on any atom is 0.236 e. The van der Waals surface area contributed by atoms with Gasteiger partial charge in [0.25, 0.3) is 0 Å². The lowest BCUT2D eigenvalue weighted by Crippen LogP contribution is -2.43. The van der Waals surface area contributed by atoms with Gasteiger partial charge in [-0.2, -0.15) is 4.98 Å². The van der Waals surface area contributed by atoms with Gasteiger partial charge in [-0.15, -0.1) is 0 Å². The molecule has 0 aromatic carbocycles. The normalized spacial score (nSPS) is 16.3. The fourth-order valence-corrected chi connectivity index (χ4v) is 2.51. The van der Waals surface area contributed by atoms with Crippen LogP contribution in [0.5, 0.6) is 0 Å². The summed E-state index contributed by atoms with van der Waals surface area (Å²) in [7, 11) is 0. The first-order chi connectivity index (χ1) is 9.42. The number of pyridine rings is 1. The first-order valence-electron chi connectivity index (χ1n) is 6.46. The zero-order chi connectivity index (χ0) is 12.7. The molecule has 3 aromatic rings. The van der Waals surface area contributed by atoms with Gasteiger partial charge in [0.2, 0.25) is 5.78 Å². The molecule has 4 rings (SSSR count). The fourth-order valence-electron chi connectivity index (χ4n) is 2.51. The van der Waals surface area contributed by atoms with Crippen LogP contribution in [-0.2, 0) is 0 Å². The lowest BCUT2D eigenvalue weighted by molar-refractivity contribution is 0.585. The number of fused-ring (bicyclic) bond motifs is 3. The van der Waals surface area contributed by atoms with Crippen LogP contribution in [0.2, 0.25) is 0 Å². The highest BCUT2D eigenvalue weighted by molar-refractivity contribution is 5.78. The average molecular weight is 254 g/mol. The van der Waals surface area contributed by atoms with E-state index in [-0.39, 0.29) is 0 Å². The number of hydrogen-bond donors (Lipinski definition) is 1. The van der Waals surface area contributed by atoms with E-state index in [0.29, 0.717) is 0 Å². The molecule has 0 amide bonds. The standard InChI is InChI=1S/C13H14N6/c1-3-15-9-11-10(1)16-13-17-12(2-6-19(11)13)18-7-4-14-5-8-18/h1-3,6,9,14H,4-5,7-8H2. The molecule has 3 aromatic heterocycles. The number of nitrogens with one attached hydrogen (secondary N) is 1. The Morgan fingerprint density at radius 3 is 2.89 bits per heavy atom. The molecule has 0 radical (unpaired) electrons. The fraction of sp³-hybridized carbons (Fsp3) is 0.308. The Morgan fingerprint density at radius 1 is 1.11 bits per heavy atom. The van der Waals surface area contributed by atoms with Crippen LogP contribution in [0.4, 0.5) is 5.82 Å². The SMILES string of the molecule is c1cc2nc3nc(N4CCNCC4)ccn3c2cn1. The van der Waals surface area contributed by atoms with Crippen LogP contribution in [0, 0.1) is 0 Å². The molecule has 96 valence electrons. The molecule has 1 aliphatic heterocycles. The van der Waals surface area contributed by atoms with Crippen molar-refractivity contribution < 1.29 is 0 Å². The van der Waals surface area contributed by atoms with Crippen molar-refractivity contribution in [1.82, 2.24) is 24.7 Å². The highest BCUT2D eigenvalue weighted by atomic mass is 15.3. The summed E-state index contributed by atoms with van der Waals surface area (Å²) >= 11 is 0. The molecule has 1 aliphatic rings. The third kappa shape index (κ3) is 1.72. The Balaban J connectivity index is 1.84. The van der Waals surface area contributed by atoms with E-state index in [1.165, 1.54) is 0 Å². The summed E-state index contributed by atoms with van der Waals surface area (Å²) < 4.78 is 1.98. The Morgan fingerprint density at radius 2 is 2.00 bits per heavy atom. The van der Waals surface area contributed by atoms with Gasteiger partial charge in [-0.05, 0) is 12.1 Å². The number of anilines is 1. The van der Waals surface area contributed by atoms with E-state index >= 15 is 0 Å². The Bertz CT molecular complexity index is 728. The molecule has 1 N–H and O–H groups in total. The van der Waals surface area contributed by atoms with Crippen molar-refractivity contribution >= 4 is 22.6 Å². The van der Waals surface area contributed by atoms with Gasteiger partial charge in [0.15, 0.2) is 0 Å². The van der Waals surface area contributed by atoms with Gasteiger partial charge < -0.3 is 10.2 Å². The number of hydrogen-bond acceptors (Lipinski definition) is 5. The van der Waals surface area contributed by atoms with Gasteiger partial charge in [-0.3, -0.25) is 9.38 Å². The molecule has 6 nitrogen and oxygen atoms in total. The van der Waals surface area contributed by atoms with Gasteiger partial charge >= 0.3 is 0 Å². The molecule has 1 saturated heterocycles. The van der Waals surface area contributed by atoms with E-state index in [4.69, 9.17) is 0 Å². The van der Waals surface area contributed by atoms with Gasteiger partial charge in [0.1, 0.15) is 5.82 Å². The van der Waals surface area contributed by atoms with Gasteiger partial charge in [-0.1, -0.05) is 0 Å². The Kier molecular flexibility index (Phi) is 2.34. The molecule has 19 heavy (non-hydrogen) atoms. The summed E-state index contributed by atoms with van der Waals surface area (Å²) in [6, 6.07) is 3.96. The van der Waals surface area contributed by atoms with E-state index in [1.54, 1.807) is 6.20 Å². The van der Waals surface area contributed by atoms with Crippen LogP contribution in [0.25, 0.3) is 16.8 Å². The number of aromatic nitrogens is 4. The minimum absolute atomic E-state index is 0.735. The van der Waals surface area contributed by atoms with Crippen LogP contribution >= 0.6 is 0 Å². The predicted octanol–water partition coefficient (Wildman–Crippen LogP) is 0.687. The third-order valence-electron chi connectivity index (χ3n) is 3.50. The second-order valence-corrected chi connectivity index (χ2v) is 4.67. The van der Waals surface area contributed by atoms with Gasteiger partial charge in [0.05, 0.1) is 17.2 Å². The second-order valence-electron chi connectivity index (χ2n) is 4.67. The summed E-state index contributed by atoms with van der Waals surface area (Å²) in [5.74, 6) is 1.73. The molecule has 0 aliphatic carbocycles. The quantitative estimate of drug-likeness (QED) is 0.692. The zero-order valence-corrected chi connectivity index (χ0v) is 10.5. The molecule has 0 unspecified atom stereocenters. The van der Waals surface area contributed by atoms with E-state index < -0.39 is 0 Å². The van der Waals surface area contributed by atoms with Crippen molar-refractivity contribution in [2.75, 3.05) is 31.1 Å². The smallest absolute Gasteiger partial charge is 0.236 e. The van der Waals surface area contributed by atoms with Crippen LogP contribution < -0.4 is 10.2 Å². The molecule has 0 spiro atoms. The topological polar surface area (TPSA) is 58.4 Å². The molecule has 1 fully saturated rings. The summed E-state index contributed by atoms with van der Waals surface area (Å²) in [6.07, 6.45) is 5.60. The zero-order valence-electron chi connectivity index (χ0n) is 10.5. The first-order valence-corrected chi connectivity index (χ1v) is 6.46. The van der Waals surface area contributed by atoms with E-state index in [9.17, 15) is 0 Å². The molecule has 0 bridgehead atoms. The molecule has 6 heteroatoms. The maximum atomic E-state index is 4.66. The van der Waals surface area contributed by atoms with E-state index in [2.05, 4.69) is 25.2 Å². The number of nitrogens with zero attached hydrogens (tertiary/aromatic N) is 5. The highest BCUT2D eigenvalue weighted by Gasteiger charge is 2.13. The van der Waals surface area contributed by atoms with Crippen LogP contribution in [0.15, 0.2) is 30.7 Å². The van der Waals surface area contributed by atoms with Crippen molar-refractivity contribution in [3.05, 3.63) is 30.7 Å². The third-order valence-corrected chi connectivity index (χ3v) is 3.50. The van der Waals surface area contributed by atoms with E-state index in [0.717, 1.165) is 48.8 Å². The van der Waals surface area contributed by atoms with Crippen molar-refractivity contribution in [2.24, 2.45) is 0 Å². The predicted molar refractivity (Wildman–Crippen MR) is 73.4 cm³/mol. The van der Waals surface area contributed by atoms with Crippen LogP contribution in [0.3, 0.4) is 0 Å². The van der Waals surface area contributed by atoms with Crippen LogP contribution in [0.1, 0.15) is 0 Å². The lowest BCUT2D eigenvalue weighted by Gasteiger charge is -2.28. The molecule has 4 heterocycles.